The van der Waals surface area contributed by atoms with E-state index in [0.29, 0.717) is 39.5 Å². The Morgan fingerprint density at radius 2 is 1.73 bits per heavy atom. The summed E-state index contributed by atoms with van der Waals surface area (Å²) in [6, 6.07) is 6.83. The lowest BCUT2D eigenvalue weighted by Crippen LogP contribution is -2.26. The molecule has 0 amide bonds. The number of nitrogens with one attached hydrogen (secondary N) is 1. The summed E-state index contributed by atoms with van der Waals surface area (Å²) in [4.78, 5) is 61.4. The first-order valence-electron chi connectivity index (χ1n) is 12.2. The zero-order valence-electron chi connectivity index (χ0n) is 22.7. The smallest absolute Gasteiger partial charge is 0.305 e. The Kier molecular flexibility index (Phi) is 10.2. The SMILES string of the molecule is COc1cc(OC)c2c(=O)[nH]c(-c3cc(C)c(OCCOC(=O)CCC(CO[N+](=O)[O-])O[N+](=O)[O-])c(C)c3)nc2c1. The van der Waals surface area contributed by atoms with Crippen molar-refractivity contribution in [2.24, 2.45) is 0 Å². The molecule has 1 heterocycles. The summed E-state index contributed by atoms with van der Waals surface area (Å²) in [5.41, 5.74) is 2.15. The molecule has 16 nitrogen and oxygen atoms in total. The van der Waals surface area contributed by atoms with Gasteiger partial charge in [-0.15, -0.1) is 20.2 Å². The normalized spacial score (nSPS) is 11.4. The molecule has 220 valence electrons. The van der Waals surface area contributed by atoms with Crippen molar-refractivity contribution in [3.63, 3.8) is 0 Å². The van der Waals surface area contributed by atoms with Gasteiger partial charge in [0.2, 0.25) is 0 Å². The second-order valence-electron chi connectivity index (χ2n) is 8.66. The summed E-state index contributed by atoms with van der Waals surface area (Å²) in [6.45, 7) is 2.81. The number of aromatic amines is 1. The van der Waals surface area contributed by atoms with Crippen LogP contribution in [-0.4, -0.2) is 66.3 Å². The molecule has 0 aliphatic rings. The van der Waals surface area contributed by atoms with Crippen molar-refractivity contribution in [2.45, 2.75) is 32.8 Å². The highest BCUT2D eigenvalue weighted by Crippen LogP contribution is 2.31. The number of hydrogen-bond acceptors (Lipinski definition) is 13. The van der Waals surface area contributed by atoms with Gasteiger partial charge in [-0.05, 0) is 43.5 Å². The molecule has 3 rings (SSSR count). The van der Waals surface area contributed by atoms with Gasteiger partial charge in [0, 0.05) is 24.1 Å². The minimum Gasteiger partial charge on any atom is -0.497 e. The first kappa shape index (κ1) is 30.4. The highest BCUT2D eigenvalue weighted by atomic mass is 17.0. The van der Waals surface area contributed by atoms with Crippen molar-refractivity contribution in [2.75, 3.05) is 34.0 Å². The van der Waals surface area contributed by atoms with Crippen molar-refractivity contribution >= 4 is 16.9 Å². The molecule has 0 saturated heterocycles. The molecule has 1 unspecified atom stereocenters. The molecule has 41 heavy (non-hydrogen) atoms. The van der Waals surface area contributed by atoms with E-state index in [1.54, 1.807) is 24.3 Å². The van der Waals surface area contributed by atoms with E-state index >= 15 is 0 Å². The zero-order chi connectivity index (χ0) is 30.1. The van der Waals surface area contributed by atoms with E-state index in [1.807, 2.05) is 13.8 Å². The molecule has 0 saturated carbocycles. The Bertz CT molecular complexity index is 1470. The zero-order valence-corrected chi connectivity index (χ0v) is 22.7. The summed E-state index contributed by atoms with van der Waals surface area (Å²) < 4.78 is 21.5. The van der Waals surface area contributed by atoms with Crippen LogP contribution in [0.3, 0.4) is 0 Å². The standard InChI is InChI=1S/C25H28N4O12/c1-14-9-16(24-26-19-11-18(36-3)12-20(37-4)22(19)25(31)27-24)10-15(2)23(14)39-8-7-38-21(30)6-5-17(41-29(34)35)13-40-28(32)33/h9-12,17H,5-8,13H2,1-4H3,(H,26,27,31). The highest BCUT2D eigenvalue weighted by Gasteiger charge is 2.19. The Morgan fingerprint density at radius 3 is 2.34 bits per heavy atom. The summed E-state index contributed by atoms with van der Waals surface area (Å²) in [7, 11) is 2.96. The molecule has 0 bridgehead atoms. The molecule has 0 fully saturated rings. The van der Waals surface area contributed by atoms with Gasteiger partial charge < -0.3 is 33.6 Å². The number of ether oxygens (including phenoxy) is 4. The molecular formula is C25H28N4O12. The van der Waals surface area contributed by atoms with Gasteiger partial charge in [0.25, 0.3) is 15.7 Å². The third-order valence-electron chi connectivity index (χ3n) is 5.80. The van der Waals surface area contributed by atoms with Crippen LogP contribution < -0.4 is 19.8 Å². The fourth-order valence-corrected chi connectivity index (χ4v) is 4.02. The van der Waals surface area contributed by atoms with Crippen LogP contribution in [0.1, 0.15) is 24.0 Å². The summed E-state index contributed by atoms with van der Waals surface area (Å²) in [5, 5.41) is 18.9. The number of rotatable bonds is 15. The fourth-order valence-electron chi connectivity index (χ4n) is 4.02. The lowest BCUT2D eigenvalue weighted by atomic mass is 10.0. The molecule has 0 aliphatic carbocycles. The third kappa shape index (κ3) is 8.17. The topological polar surface area (TPSA) is 204 Å². The van der Waals surface area contributed by atoms with Crippen molar-refractivity contribution in [3.8, 4) is 28.6 Å². The van der Waals surface area contributed by atoms with Gasteiger partial charge in [0.1, 0.15) is 54.4 Å². The number of aromatic nitrogens is 2. The maximum atomic E-state index is 12.9. The number of benzene rings is 2. The van der Waals surface area contributed by atoms with E-state index < -0.39 is 28.9 Å². The Morgan fingerprint density at radius 1 is 1.02 bits per heavy atom. The van der Waals surface area contributed by atoms with Gasteiger partial charge in [-0.25, -0.2) is 4.98 Å². The van der Waals surface area contributed by atoms with E-state index in [1.165, 1.54) is 14.2 Å². The average Bonchev–Trinajstić information content (AvgIpc) is 2.92. The number of aryl methyl sites for hydroxylation is 2. The molecule has 0 aliphatic heterocycles. The van der Waals surface area contributed by atoms with Crippen LogP contribution in [0, 0.1) is 34.1 Å². The first-order valence-corrected chi connectivity index (χ1v) is 12.2. The lowest BCUT2D eigenvalue weighted by molar-refractivity contribution is -0.790. The number of H-pyrrole nitrogens is 1. The van der Waals surface area contributed by atoms with E-state index in [4.69, 9.17) is 18.9 Å². The van der Waals surface area contributed by atoms with Crippen LogP contribution in [0.5, 0.6) is 17.2 Å². The van der Waals surface area contributed by atoms with Gasteiger partial charge in [-0.3, -0.25) is 9.59 Å². The predicted octanol–water partition coefficient (Wildman–Crippen LogP) is 2.71. The molecule has 0 radical (unpaired) electrons. The minimum atomic E-state index is -1.31. The maximum Gasteiger partial charge on any atom is 0.305 e. The Labute approximate surface area is 232 Å². The van der Waals surface area contributed by atoms with Crippen LogP contribution in [0.2, 0.25) is 0 Å². The van der Waals surface area contributed by atoms with Gasteiger partial charge in [0.15, 0.2) is 0 Å². The molecular weight excluding hydrogens is 548 g/mol. The number of hydrogen-bond donors (Lipinski definition) is 1. The largest absolute Gasteiger partial charge is 0.497 e. The second-order valence-corrected chi connectivity index (χ2v) is 8.66. The van der Waals surface area contributed by atoms with Gasteiger partial charge in [-0.2, -0.15) is 0 Å². The number of esters is 1. The molecule has 0 spiro atoms. The molecule has 2 aromatic carbocycles. The molecule has 1 N–H and O–H groups in total. The number of nitrogens with zero attached hydrogens (tertiary/aromatic N) is 3. The predicted molar refractivity (Wildman–Crippen MR) is 141 cm³/mol. The van der Waals surface area contributed by atoms with Gasteiger partial charge >= 0.3 is 5.97 Å². The van der Waals surface area contributed by atoms with Crippen molar-refractivity contribution < 1.29 is 43.6 Å². The van der Waals surface area contributed by atoms with Crippen molar-refractivity contribution in [1.29, 1.82) is 0 Å². The Balaban J connectivity index is 1.62. The summed E-state index contributed by atoms with van der Waals surface area (Å²) in [5.74, 6) is 1.02. The van der Waals surface area contributed by atoms with E-state index in [-0.39, 0.29) is 31.6 Å². The lowest BCUT2D eigenvalue weighted by Gasteiger charge is -2.15. The van der Waals surface area contributed by atoms with Crippen LogP contribution in [-0.2, 0) is 19.2 Å². The summed E-state index contributed by atoms with van der Waals surface area (Å²) in [6.07, 6.45) is -1.82. The highest BCUT2D eigenvalue weighted by molar-refractivity contribution is 5.87. The fraction of sp³-hybridized carbons (Fsp3) is 0.400. The van der Waals surface area contributed by atoms with Crippen LogP contribution in [0.25, 0.3) is 22.3 Å². The van der Waals surface area contributed by atoms with Crippen LogP contribution >= 0.6 is 0 Å². The number of carbonyl (C=O) groups is 1. The number of fused-ring (bicyclic) bond motifs is 1. The van der Waals surface area contributed by atoms with Crippen molar-refractivity contribution in [3.05, 3.63) is 66.0 Å². The summed E-state index contributed by atoms with van der Waals surface area (Å²) >= 11 is 0. The van der Waals surface area contributed by atoms with Crippen molar-refractivity contribution in [1.82, 2.24) is 9.97 Å². The van der Waals surface area contributed by atoms with Gasteiger partial charge in [0.05, 0.1) is 19.7 Å². The number of carbonyl (C=O) groups excluding carboxylic acids is 1. The Hall–Kier alpha value is -5.15. The molecule has 16 heteroatoms. The molecule has 3 aromatic rings. The van der Waals surface area contributed by atoms with Crippen LogP contribution in [0.4, 0.5) is 0 Å². The number of methoxy groups -OCH3 is 2. The van der Waals surface area contributed by atoms with Gasteiger partial charge in [-0.1, -0.05) is 0 Å². The first-order chi connectivity index (χ1) is 19.5. The van der Waals surface area contributed by atoms with E-state index in [2.05, 4.69) is 19.6 Å². The van der Waals surface area contributed by atoms with E-state index in [9.17, 15) is 29.8 Å². The second kappa shape index (κ2) is 13.8. The van der Waals surface area contributed by atoms with Crippen LogP contribution in [0.15, 0.2) is 29.1 Å². The third-order valence-corrected chi connectivity index (χ3v) is 5.80. The molecule has 1 atom stereocenters. The maximum absolute atomic E-state index is 12.9. The average molecular weight is 577 g/mol. The van der Waals surface area contributed by atoms with E-state index in [0.717, 1.165) is 11.1 Å². The quantitative estimate of drug-likeness (QED) is 0.120. The minimum absolute atomic E-state index is 0.0106. The monoisotopic (exact) mass is 576 g/mol. The molecule has 1 aromatic heterocycles.